The van der Waals surface area contributed by atoms with Gasteiger partial charge in [0.2, 0.25) is 5.71 Å². The Bertz CT molecular complexity index is 740. The highest BCUT2D eigenvalue weighted by atomic mass is 35.5. The van der Waals surface area contributed by atoms with E-state index in [1.165, 1.54) is 0 Å². The summed E-state index contributed by atoms with van der Waals surface area (Å²) in [6.45, 7) is 5.94. The van der Waals surface area contributed by atoms with Crippen molar-refractivity contribution in [3.05, 3.63) is 46.3 Å². The number of aryl methyl sites for hydroxylation is 3. The lowest BCUT2D eigenvalue weighted by Gasteiger charge is -2.05. The molecular formula is C14H13ClN2O. The monoisotopic (exact) mass is 260 g/mol. The summed E-state index contributed by atoms with van der Waals surface area (Å²) in [6, 6.07) is 7.78. The van der Waals surface area contributed by atoms with Crippen molar-refractivity contribution >= 4 is 17.3 Å². The largest absolute Gasteiger partial charge is 0.441 e. The molecule has 0 unspecified atom stereocenters. The maximum Gasteiger partial charge on any atom is 0.222 e. The summed E-state index contributed by atoms with van der Waals surface area (Å²) in [4.78, 5) is 0. The minimum atomic E-state index is 0.741. The van der Waals surface area contributed by atoms with Crippen LogP contribution in [0.5, 0.6) is 0 Å². The summed E-state index contributed by atoms with van der Waals surface area (Å²) in [7, 11) is 0. The first kappa shape index (κ1) is 11.4. The van der Waals surface area contributed by atoms with E-state index in [1.807, 2.05) is 49.6 Å². The van der Waals surface area contributed by atoms with Crippen LogP contribution in [0.25, 0.3) is 17.0 Å². The van der Waals surface area contributed by atoms with Crippen LogP contribution in [0.15, 0.2) is 28.7 Å². The molecule has 0 atom stereocenters. The van der Waals surface area contributed by atoms with Crippen molar-refractivity contribution < 1.29 is 4.42 Å². The number of oxazole rings is 1. The summed E-state index contributed by atoms with van der Waals surface area (Å²) < 4.78 is 7.58. The van der Waals surface area contributed by atoms with Crippen LogP contribution in [0.2, 0.25) is 5.02 Å². The molecule has 1 aromatic carbocycles. The van der Waals surface area contributed by atoms with Gasteiger partial charge in [-0.15, -0.1) is 0 Å². The van der Waals surface area contributed by atoms with Crippen molar-refractivity contribution in [2.24, 2.45) is 0 Å². The Morgan fingerprint density at radius 1 is 1.17 bits per heavy atom. The Morgan fingerprint density at radius 3 is 2.67 bits per heavy atom. The smallest absolute Gasteiger partial charge is 0.222 e. The van der Waals surface area contributed by atoms with E-state index in [2.05, 4.69) is 5.10 Å². The van der Waals surface area contributed by atoms with Gasteiger partial charge in [0, 0.05) is 16.7 Å². The first-order chi connectivity index (χ1) is 8.56. The van der Waals surface area contributed by atoms with Gasteiger partial charge in [-0.25, -0.2) is 0 Å². The lowest BCUT2D eigenvalue weighted by atomic mass is 10.1. The van der Waals surface area contributed by atoms with Crippen molar-refractivity contribution in [3.8, 4) is 11.3 Å². The fourth-order valence-electron chi connectivity index (χ4n) is 2.26. The Morgan fingerprint density at radius 2 is 1.94 bits per heavy atom. The Balaban J connectivity index is 2.33. The molecule has 0 saturated carbocycles. The normalized spacial score (nSPS) is 11.3. The molecule has 0 N–H and O–H groups in total. The second kappa shape index (κ2) is 3.89. The SMILES string of the molecule is Cc1cc2oc(C)c(-c3ccc(Cl)cc3C)n2n1. The molecule has 3 aromatic rings. The van der Waals surface area contributed by atoms with Crippen molar-refractivity contribution in [1.82, 2.24) is 9.61 Å². The molecule has 3 nitrogen and oxygen atoms in total. The standard InChI is InChI=1S/C14H13ClN2O/c1-8-6-11(15)4-5-12(8)14-10(3)18-13-7-9(2)16-17(13)14/h4-7H,1-3H3. The molecule has 0 saturated heterocycles. The summed E-state index contributed by atoms with van der Waals surface area (Å²) in [5.74, 6) is 0.864. The molecule has 0 aliphatic heterocycles. The maximum absolute atomic E-state index is 5.99. The van der Waals surface area contributed by atoms with Crippen LogP contribution < -0.4 is 0 Å². The third-order valence-electron chi connectivity index (χ3n) is 3.05. The van der Waals surface area contributed by atoms with E-state index in [0.29, 0.717) is 0 Å². The average molecular weight is 261 g/mol. The molecule has 2 aromatic heterocycles. The highest BCUT2D eigenvalue weighted by Crippen LogP contribution is 2.31. The van der Waals surface area contributed by atoms with Crippen LogP contribution in [0.3, 0.4) is 0 Å². The van der Waals surface area contributed by atoms with E-state index in [4.69, 9.17) is 16.0 Å². The minimum Gasteiger partial charge on any atom is -0.441 e. The van der Waals surface area contributed by atoms with E-state index in [-0.39, 0.29) is 0 Å². The fourth-order valence-corrected chi connectivity index (χ4v) is 2.49. The first-order valence-corrected chi connectivity index (χ1v) is 6.16. The molecule has 4 heteroatoms. The van der Waals surface area contributed by atoms with Crippen molar-refractivity contribution in [3.63, 3.8) is 0 Å². The van der Waals surface area contributed by atoms with Gasteiger partial charge in [-0.3, -0.25) is 0 Å². The lowest BCUT2D eigenvalue weighted by Crippen LogP contribution is -1.93. The van der Waals surface area contributed by atoms with Gasteiger partial charge >= 0.3 is 0 Å². The highest BCUT2D eigenvalue weighted by Gasteiger charge is 2.16. The molecule has 0 amide bonds. The zero-order valence-corrected chi connectivity index (χ0v) is 11.2. The van der Waals surface area contributed by atoms with Crippen LogP contribution in [-0.2, 0) is 0 Å². The van der Waals surface area contributed by atoms with Gasteiger partial charge in [0.05, 0.1) is 5.69 Å². The van der Waals surface area contributed by atoms with Crippen LogP contribution in [0.4, 0.5) is 0 Å². The molecule has 0 bridgehead atoms. The molecule has 92 valence electrons. The summed E-state index contributed by atoms with van der Waals surface area (Å²) in [6.07, 6.45) is 0. The second-order valence-electron chi connectivity index (χ2n) is 4.50. The molecule has 0 spiro atoms. The summed E-state index contributed by atoms with van der Waals surface area (Å²) in [5.41, 5.74) is 4.92. The molecule has 0 aliphatic rings. The number of rotatable bonds is 1. The van der Waals surface area contributed by atoms with Gasteiger partial charge in [0.1, 0.15) is 11.5 Å². The number of benzene rings is 1. The zero-order valence-electron chi connectivity index (χ0n) is 10.5. The third kappa shape index (κ3) is 1.63. The summed E-state index contributed by atoms with van der Waals surface area (Å²) >= 11 is 5.99. The van der Waals surface area contributed by atoms with Crippen LogP contribution >= 0.6 is 11.6 Å². The quantitative estimate of drug-likeness (QED) is 0.657. The predicted octanol–water partition coefficient (Wildman–Crippen LogP) is 4.17. The second-order valence-corrected chi connectivity index (χ2v) is 4.94. The number of halogens is 1. The van der Waals surface area contributed by atoms with Crippen molar-refractivity contribution in [2.75, 3.05) is 0 Å². The van der Waals surface area contributed by atoms with Gasteiger partial charge in [-0.1, -0.05) is 17.7 Å². The van der Waals surface area contributed by atoms with Crippen LogP contribution in [0, 0.1) is 20.8 Å². The average Bonchev–Trinajstić information content (AvgIpc) is 2.75. The number of hydrogen-bond acceptors (Lipinski definition) is 2. The molecule has 0 aliphatic carbocycles. The minimum absolute atomic E-state index is 0.741. The number of fused-ring (bicyclic) bond motifs is 1. The Hall–Kier alpha value is -1.74. The van der Waals surface area contributed by atoms with Crippen LogP contribution in [0.1, 0.15) is 17.0 Å². The molecule has 0 radical (unpaired) electrons. The molecule has 0 fully saturated rings. The predicted molar refractivity (Wildman–Crippen MR) is 72.1 cm³/mol. The van der Waals surface area contributed by atoms with E-state index in [1.54, 1.807) is 0 Å². The molecular weight excluding hydrogens is 248 g/mol. The van der Waals surface area contributed by atoms with Gasteiger partial charge in [-0.2, -0.15) is 9.61 Å². The van der Waals surface area contributed by atoms with E-state index in [9.17, 15) is 0 Å². The lowest BCUT2D eigenvalue weighted by molar-refractivity contribution is 0.573. The highest BCUT2D eigenvalue weighted by molar-refractivity contribution is 6.30. The van der Waals surface area contributed by atoms with Gasteiger partial charge < -0.3 is 4.42 Å². The third-order valence-corrected chi connectivity index (χ3v) is 3.28. The van der Waals surface area contributed by atoms with E-state index in [0.717, 1.165) is 39.0 Å². The number of nitrogens with zero attached hydrogens (tertiary/aromatic N) is 2. The molecule has 3 rings (SSSR count). The Labute approximate surface area is 110 Å². The summed E-state index contributed by atoms with van der Waals surface area (Å²) in [5, 5.41) is 5.20. The topological polar surface area (TPSA) is 30.4 Å². The Kier molecular flexibility index (Phi) is 2.45. The fraction of sp³-hybridized carbons (Fsp3) is 0.214. The molecule has 18 heavy (non-hydrogen) atoms. The van der Waals surface area contributed by atoms with Crippen LogP contribution in [-0.4, -0.2) is 9.61 Å². The first-order valence-electron chi connectivity index (χ1n) is 5.78. The number of hydrogen-bond donors (Lipinski definition) is 0. The maximum atomic E-state index is 5.99. The van der Waals surface area contributed by atoms with Gasteiger partial charge in [0.25, 0.3) is 0 Å². The van der Waals surface area contributed by atoms with Crippen molar-refractivity contribution in [1.29, 1.82) is 0 Å². The number of aromatic nitrogens is 2. The van der Waals surface area contributed by atoms with Gasteiger partial charge in [-0.05, 0) is 38.5 Å². The molecule has 2 heterocycles. The van der Waals surface area contributed by atoms with Gasteiger partial charge in [0.15, 0.2) is 0 Å². The zero-order chi connectivity index (χ0) is 12.9. The van der Waals surface area contributed by atoms with Crippen molar-refractivity contribution in [2.45, 2.75) is 20.8 Å². The van der Waals surface area contributed by atoms with E-state index < -0.39 is 0 Å². The van der Waals surface area contributed by atoms with E-state index >= 15 is 0 Å².